The molecule has 0 aliphatic heterocycles. The van der Waals surface area contributed by atoms with Gasteiger partial charge in [-0.2, -0.15) is 0 Å². The van der Waals surface area contributed by atoms with E-state index in [4.69, 9.17) is 23.2 Å². The molecule has 0 aliphatic rings. The van der Waals surface area contributed by atoms with Crippen LogP contribution in [0.4, 0.5) is 11.4 Å². The molecule has 0 aromatic heterocycles. The largest absolute Gasteiger partial charge is 0.375 e. The Morgan fingerprint density at radius 2 is 1.80 bits per heavy atom. The minimum atomic E-state index is -0.141. The van der Waals surface area contributed by atoms with Crippen molar-refractivity contribution < 1.29 is 4.79 Å². The number of hydrogen-bond acceptors (Lipinski definition) is 2. The van der Waals surface area contributed by atoms with Gasteiger partial charge >= 0.3 is 0 Å². The Morgan fingerprint density at radius 1 is 1.10 bits per heavy atom. The fourth-order valence-electron chi connectivity index (χ4n) is 1.55. The van der Waals surface area contributed by atoms with E-state index in [1.54, 1.807) is 18.2 Å². The fourth-order valence-corrected chi connectivity index (χ4v) is 2.38. The van der Waals surface area contributed by atoms with Crippen LogP contribution in [-0.4, -0.2) is 12.5 Å². The molecule has 2 aromatic rings. The predicted molar refractivity (Wildman–Crippen MR) is 92.7 cm³/mol. The summed E-state index contributed by atoms with van der Waals surface area (Å²) in [5.74, 6) is -0.141. The van der Waals surface area contributed by atoms with Crippen molar-refractivity contribution in [3.05, 3.63) is 56.1 Å². The highest BCUT2D eigenvalue weighted by molar-refractivity contribution is 14.1. The van der Waals surface area contributed by atoms with Crippen molar-refractivity contribution in [1.29, 1.82) is 0 Å². The van der Waals surface area contributed by atoms with E-state index in [0.29, 0.717) is 15.7 Å². The molecule has 104 valence electrons. The molecule has 0 bridgehead atoms. The Kier molecular flexibility index (Phi) is 5.51. The highest BCUT2D eigenvalue weighted by Crippen LogP contribution is 2.25. The van der Waals surface area contributed by atoms with Crippen LogP contribution in [0, 0.1) is 3.57 Å². The van der Waals surface area contributed by atoms with Gasteiger partial charge in [-0.25, -0.2) is 0 Å². The first-order valence-electron chi connectivity index (χ1n) is 5.79. The van der Waals surface area contributed by atoms with Gasteiger partial charge < -0.3 is 10.6 Å². The van der Waals surface area contributed by atoms with Crippen LogP contribution < -0.4 is 10.6 Å². The van der Waals surface area contributed by atoms with Gasteiger partial charge in [-0.15, -0.1) is 0 Å². The molecule has 0 atom stereocenters. The number of amides is 1. The van der Waals surface area contributed by atoms with Crippen molar-refractivity contribution in [3.63, 3.8) is 0 Å². The van der Waals surface area contributed by atoms with E-state index in [9.17, 15) is 4.79 Å². The predicted octanol–water partition coefficient (Wildman–Crippen LogP) is 4.65. The molecule has 0 aliphatic carbocycles. The Morgan fingerprint density at radius 3 is 2.45 bits per heavy atom. The van der Waals surface area contributed by atoms with Gasteiger partial charge in [-0.05, 0) is 65.1 Å². The van der Waals surface area contributed by atoms with Crippen molar-refractivity contribution in [2.45, 2.75) is 0 Å². The monoisotopic (exact) mass is 420 g/mol. The Labute approximate surface area is 140 Å². The van der Waals surface area contributed by atoms with E-state index in [0.717, 1.165) is 9.26 Å². The minimum absolute atomic E-state index is 0.132. The van der Waals surface area contributed by atoms with E-state index in [1.165, 1.54) is 0 Å². The number of benzene rings is 2. The summed E-state index contributed by atoms with van der Waals surface area (Å²) < 4.78 is 1.12. The SMILES string of the molecule is O=C(CNc1ccc(Cl)cc1Cl)Nc1ccc(I)cc1. The second-order valence-corrected chi connectivity index (χ2v) is 6.12. The van der Waals surface area contributed by atoms with E-state index < -0.39 is 0 Å². The van der Waals surface area contributed by atoms with Crippen LogP contribution in [0.3, 0.4) is 0 Å². The summed E-state index contributed by atoms with van der Waals surface area (Å²) in [5.41, 5.74) is 1.44. The Bertz CT molecular complexity index is 617. The van der Waals surface area contributed by atoms with Gasteiger partial charge in [-0.3, -0.25) is 4.79 Å². The highest BCUT2D eigenvalue weighted by atomic mass is 127. The molecule has 0 fully saturated rings. The normalized spacial score (nSPS) is 10.2. The maximum Gasteiger partial charge on any atom is 0.243 e. The zero-order valence-electron chi connectivity index (χ0n) is 10.3. The average Bonchev–Trinajstić information content (AvgIpc) is 2.40. The lowest BCUT2D eigenvalue weighted by Gasteiger charge is -2.09. The molecule has 0 unspecified atom stereocenters. The highest BCUT2D eigenvalue weighted by Gasteiger charge is 2.05. The van der Waals surface area contributed by atoms with Gasteiger partial charge in [0.25, 0.3) is 0 Å². The summed E-state index contributed by atoms with van der Waals surface area (Å²) >= 11 is 14.0. The van der Waals surface area contributed by atoms with Crippen LogP contribution in [0.2, 0.25) is 10.0 Å². The van der Waals surface area contributed by atoms with Crippen LogP contribution in [-0.2, 0) is 4.79 Å². The maximum absolute atomic E-state index is 11.8. The van der Waals surface area contributed by atoms with Crippen molar-refractivity contribution in [3.8, 4) is 0 Å². The summed E-state index contributed by atoms with van der Waals surface area (Å²) in [6.45, 7) is 0.132. The van der Waals surface area contributed by atoms with Crippen LogP contribution >= 0.6 is 45.8 Å². The third-order valence-corrected chi connectivity index (χ3v) is 3.77. The second kappa shape index (κ2) is 7.15. The summed E-state index contributed by atoms with van der Waals surface area (Å²) in [7, 11) is 0. The van der Waals surface area contributed by atoms with Crippen molar-refractivity contribution >= 4 is 63.1 Å². The lowest BCUT2D eigenvalue weighted by molar-refractivity contribution is -0.114. The average molecular weight is 421 g/mol. The summed E-state index contributed by atoms with van der Waals surface area (Å²) in [6.07, 6.45) is 0. The van der Waals surface area contributed by atoms with E-state index in [-0.39, 0.29) is 12.5 Å². The first-order chi connectivity index (χ1) is 9.54. The second-order valence-electron chi connectivity index (χ2n) is 4.03. The lowest BCUT2D eigenvalue weighted by Crippen LogP contribution is -2.21. The molecule has 2 aromatic carbocycles. The number of carbonyl (C=O) groups is 1. The topological polar surface area (TPSA) is 41.1 Å². The number of halogens is 3. The molecule has 0 spiro atoms. The van der Waals surface area contributed by atoms with Crippen LogP contribution in [0.25, 0.3) is 0 Å². The van der Waals surface area contributed by atoms with Gasteiger partial charge in [0, 0.05) is 14.3 Å². The molecule has 1 amide bonds. The van der Waals surface area contributed by atoms with Crippen LogP contribution in [0.15, 0.2) is 42.5 Å². The van der Waals surface area contributed by atoms with Gasteiger partial charge in [0.2, 0.25) is 5.91 Å². The molecule has 0 saturated carbocycles. The molecule has 2 N–H and O–H groups in total. The summed E-state index contributed by atoms with van der Waals surface area (Å²) in [5, 5.41) is 6.81. The molecule has 3 nitrogen and oxygen atoms in total. The van der Waals surface area contributed by atoms with Gasteiger partial charge in [-0.1, -0.05) is 23.2 Å². The molecule has 0 saturated heterocycles. The van der Waals surface area contributed by atoms with Gasteiger partial charge in [0.05, 0.1) is 17.3 Å². The van der Waals surface area contributed by atoms with Crippen molar-refractivity contribution in [2.75, 3.05) is 17.2 Å². The Hall–Kier alpha value is -0.980. The lowest BCUT2D eigenvalue weighted by atomic mass is 10.3. The molecule has 0 heterocycles. The van der Waals surface area contributed by atoms with Gasteiger partial charge in [0.1, 0.15) is 0 Å². The number of rotatable bonds is 4. The standard InChI is InChI=1S/C14H11Cl2IN2O/c15-9-1-6-13(12(16)7-9)18-8-14(20)19-11-4-2-10(17)3-5-11/h1-7,18H,8H2,(H,19,20). The van der Waals surface area contributed by atoms with Crippen LogP contribution in [0.1, 0.15) is 0 Å². The first-order valence-corrected chi connectivity index (χ1v) is 7.62. The number of hydrogen-bond donors (Lipinski definition) is 2. The number of anilines is 2. The molecule has 0 radical (unpaired) electrons. The molecule has 20 heavy (non-hydrogen) atoms. The van der Waals surface area contributed by atoms with E-state index >= 15 is 0 Å². The third kappa shape index (κ3) is 4.54. The zero-order chi connectivity index (χ0) is 14.5. The number of nitrogens with one attached hydrogen (secondary N) is 2. The number of carbonyl (C=O) groups excluding carboxylic acids is 1. The summed E-state index contributed by atoms with van der Waals surface area (Å²) in [6, 6.07) is 12.7. The molecule has 2 rings (SSSR count). The van der Waals surface area contributed by atoms with Crippen molar-refractivity contribution in [1.82, 2.24) is 0 Å². The summed E-state index contributed by atoms with van der Waals surface area (Å²) in [4.78, 5) is 11.8. The fraction of sp³-hybridized carbons (Fsp3) is 0.0714. The molecule has 6 heteroatoms. The smallest absolute Gasteiger partial charge is 0.243 e. The third-order valence-electron chi connectivity index (χ3n) is 2.50. The minimum Gasteiger partial charge on any atom is -0.375 e. The quantitative estimate of drug-likeness (QED) is 0.707. The zero-order valence-corrected chi connectivity index (χ0v) is 14.0. The van der Waals surface area contributed by atoms with Crippen LogP contribution in [0.5, 0.6) is 0 Å². The Balaban J connectivity index is 1.90. The first kappa shape index (κ1) is 15.4. The van der Waals surface area contributed by atoms with Crippen molar-refractivity contribution in [2.24, 2.45) is 0 Å². The molecular formula is C14H11Cl2IN2O. The maximum atomic E-state index is 11.8. The molecular weight excluding hydrogens is 410 g/mol. The van der Waals surface area contributed by atoms with E-state index in [1.807, 2.05) is 24.3 Å². The van der Waals surface area contributed by atoms with Gasteiger partial charge in [0.15, 0.2) is 0 Å². The van der Waals surface area contributed by atoms with E-state index in [2.05, 4.69) is 33.2 Å².